The van der Waals surface area contributed by atoms with Crippen LogP contribution in [0.15, 0.2) is 48.0 Å². The number of rotatable bonds is 5. The Morgan fingerprint density at radius 1 is 1.09 bits per heavy atom. The zero-order valence-corrected chi connectivity index (χ0v) is 14.4. The SMILES string of the molecule is C/C(=C/c1ccc(Oc2ccc(Cl)cc2Cl)cc1)CN(C)C. The van der Waals surface area contributed by atoms with Crippen LogP contribution in [0.25, 0.3) is 6.08 Å². The summed E-state index contributed by atoms with van der Waals surface area (Å²) in [4.78, 5) is 2.14. The monoisotopic (exact) mass is 335 g/mol. The standard InChI is InChI=1S/C18H19Cl2NO/c1-13(12-21(2)3)10-14-4-7-16(8-5-14)22-18-9-6-15(19)11-17(18)20/h4-11H,12H2,1-3H3/b13-10-. The highest BCUT2D eigenvalue weighted by Crippen LogP contribution is 2.31. The molecule has 2 aromatic carbocycles. The molecule has 0 atom stereocenters. The van der Waals surface area contributed by atoms with Crippen molar-refractivity contribution >= 4 is 29.3 Å². The van der Waals surface area contributed by atoms with Gasteiger partial charge in [-0.15, -0.1) is 0 Å². The largest absolute Gasteiger partial charge is 0.456 e. The molecule has 0 amide bonds. The van der Waals surface area contributed by atoms with E-state index < -0.39 is 0 Å². The van der Waals surface area contributed by atoms with Crippen molar-refractivity contribution in [2.75, 3.05) is 20.6 Å². The molecule has 0 bridgehead atoms. The summed E-state index contributed by atoms with van der Waals surface area (Å²) in [6.45, 7) is 3.07. The van der Waals surface area contributed by atoms with E-state index in [0.717, 1.165) is 17.9 Å². The molecule has 0 aliphatic carbocycles. The zero-order valence-electron chi connectivity index (χ0n) is 12.9. The first kappa shape index (κ1) is 16.9. The lowest BCUT2D eigenvalue weighted by Gasteiger charge is -2.10. The summed E-state index contributed by atoms with van der Waals surface area (Å²) in [5, 5.41) is 1.09. The maximum absolute atomic E-state index is 6.10. The third kappa shape index (κ3) is 5.06. The highest BCUT2D eigenvalue weighted by Gasteiger charge is 2.04. The third-order valence-electron chi connectivity index (χ3n) is 2.98. The van der Waals surface area contributed by atoms with Crippen molar-refractivity contribution in [2.45, 2.75) is 6.92 Å². The Morgan fingerprint density at radius 3 is 2.36 bits per heavy atom. The first-order chi connectivity index (χ1) is 10.4. The van der Waals surface area contributed by atoms with Crippen molar-refractivity contribution in [1.82, 2.24) is 4.90 Å². The van der Waals surface area contributed by atoms with Crippen LogP contribution in [0.4, 0.5) is 0 Å². The predicted octanol–water partition coefficient (Wildman–Crippen LogP) is 5.75. The van der Waals surface area contributed by atoms with Gasteiger partial charge in [-0.1, -0.05) is 47.0 Å². The van der Waals surface area contributed by atoms with E-state index in [2.05, 4.69) is 32.0 Å². The van der Waals surface area contributed by atoms with Gasteiger partial charge in [0, 0.05) is 11.6 Å². The van der Waals surface area contributed by atoms with E-state index in [1.54, 1.807) is 18.2 Å². The fourth-order valence-corrected chi connectivity index (χ4v) is 2.59. The van der Waals surface area contributed by atoms with Gasteiger partial charge in [0.2, 0.25) is 0 Å². The van der Waals surface area contributed by atoms with Gasteiger partial charge in [0.1, 0.15) is 11.5 Å². The van der Waals surface area contributed by atoms with Crippen LogP contribution in [0.5, 0.6) is 11.5 Å². The number of halogens is 2. The van der Waals surface area contributed by atoms with Crippen LogP contribution in [0.2, 0.25) is 10.0 Å². The van der Waals surface area contributed by atoms with E-state index in [9.17, 15) is 0 Å². The van der Waals surface area contributed by atoms with Crippen LogP contribution in [0, 0.1) is 0 Å². The fraction of sp³-hybridized carbons (Fsp3) is 0.222. The summed E-state index contributed by atoms with van der Waals surface area (Å²) in [7, 11) is 4.12. The molecular formula is C18H19Cl2NO. The summed E-state index contributed by atoms with van der Waals surface area (Å²) < 4.78 is 5.77. The molecule has 0 heterocycles. The summed E-state index contributed by atoms with van der Waals surface area (Å²) >= 11 is 12.0. The van der Waals surface area contributed by atoms with Gasteiger partial charge in [0.25, 0.3) is 0 Å². The van der Waals surface area contributed by atoms with Gasteiger partial charge >= 0.3 is 0 Å². The molecule has 22 heavy (non-hydrogen) atoms. The molecule has 0 radical (unpaired) electrons. The molecule has 0 saturated heterocycles. The van der Waals surface area contributed by atoms with Crippen molar-refractivity contribution < 1.29 is 4.74 Å². The lowest BCUT2D eigenvalue weighted by atomic mass is 10.1. The Labute approximate surface area is 141 Å². The minimum absolute atomic E-state index is 0.498. The normalized spacial score (nSPS) is 11.8. The van der Waals surface area contributed by atoms with Gasteiger partial charge in [-0.05, 0) is 56.9 Å². The van der Waals surface area contributed by atoms with Crippen LogP contribution in [-0.2, 0) is 0 Å². The number of nitrogens with zero attached hydrogens (tertiary/aromatic N) is 1. The van der Waals surface area contributed by atoms with Gasteiger partial charge in [-0.25, -0.2) is 0 Å². The van der Waals surface area contributed by atoms with Crippen molar-refractivity contribution in [3.63, 3.8) is 0 Å². The molecule has 0 unspecified atom stereocenters. The molecule has 4 heteroatoms. The van der Waals surface area contributed by atoms with Crippen LogP contribution >= 0.6 is 23.2 Å². The van der Waals surface area contributed by atoms with Crippen LogP contribution in [0.1, 0.15) is 12.5 Å². The highest BCUT2D eigenvalue weighted by molar-refractivity contribution is 6.35. The molecule has 0 fully saturated rings. The first-order valence-corrected chi connectivity index (χ1v) is 7.74. The van der Waals surface area contributed by atoms with E-state index in [-0.39, 0.29) is 0 Å². The average molecular weight is 336 g/mol. The Kier molecular flexibility index (Phi) is 5.90. The molecule has 116 valence electrons. The smallest absolute Gasteiger partial charge is 0.146 e. The van der Waals surface area contributed by atoms with Crippen LogP contribution in [0.3, 0.4) is 0 Å². The minimum atomic E-state index is 0.498. The first-order valence-electron chi connectivity index (χ1n) is 6.99. The number of hydrogen-bond donors (Lipinski definition) is 0. The molecule has 0 spiro atoms. The number of likely N-dealkylation sites (N-methyl/N-ethyl adjacent to an activating group) is 1. The molecule has 2 rings (SSSR count). The molecule has 0 N–H and O–H groups in total. The van der Waals surface area contributed by atoms with Gasteiger partial charge in [-0.3, -0.25) is 0 Å². The molecular weight excluding hydrogens is 317 g/mol. The predicted molar refractivity (Wildman–Crippen MR) is 95.2 cm³/mol. The van der Waals surface area contributed by atoms with Crippen LogP contribution in [-0.4, -0.2) is 25.5 Å². The third-order valence-corrected chi connectivity index (χ3v) is 3.51. The van der Waals surface area contributed by atoms with Crippen molar-refractivity contribution in [3.8, 4) is 11.5 Å². The molecule has 0 aliphatic heterocycles. The van der Waals surface area contributed by atoms with Gasteiger partial charge < -0.3 is 9.64 Å². The van der Waals surface area contributed by atoms with E-state index >= 15 is 0 Å². The lowest BCUT2D eigenvalue weighted by molar-refractivity contribution is 0.446. The second-order valence-corrected chi connectivity index (χ2v) is 6.32. The Morgan fingerprint density at radius 2 is 1.77 bits per heavy atom. The van der Waals surface area contributed by atoms with E-state index in [4.69, 9.17) is 27.9 Å². The quantitative estimate of drug-likeness (QED) is 0.689. The molecule has 0 saturated carbocycles. The van der Waals surface area contributed by atoms with Crippen molar-refractivity contribution in [3.05, 3.63) is 63.6 Å². The van der Waals surface area contributed by atoms with Crippen molar-refractivity contribution in [2.24, 2.45) is 0 Å². The van der Waals surface area contributed by atoms with Crippen molar-refractivity contribution in [1.29, 1.82) is 0 Å². The summed E-state index contributed by atoms with van der Waals surface area (Å²) in [5.41, 5.74) is 2.45. The summed E-state index contributed by atoms with van der Waals surface area (Å²) in [5.74, 6) is 1.34. The van der Waals surface area contributed by atoms with E-state index in [1.165, 1.54) is 5.57 Å². The topological polar surface area (TPSA) is 12.5 Å². The second kappa shape index (κ2) is 7.68. The number of benzene rings is 2. The highest BCUT2D eigenvalue weighted by atomic mass is 35.5. The average Bonchev–Trinajstić information content (AvgIpc) is 2.43. The Bertz CT molecular complexity index is 663. The van der Waals surface area contributed by atoms with Gasteiger partial charge in [0.15, 0.2) is 0 Å². The second-order valence-electron chi connectivity index (χ2n) is 5.47. The van der Waals surface area contributed by atoms with Gasteiger partial charge in [0.05, 0.1) is 5.02 Å². The van der Waals surface area contributed by atoms with E-state index in [1.807, 2.05) is 24.3 Å². The zero-order chi connectivity index (χ0) is 16.1. The summed E-state index contributed by atoms with van der Waals surface area (Å²) in [6.07, 6.45) is 2.17. The molecule has 0 aromatic heterocycles. The molecule has 0 aliphatic rings. The number of hydrogen-bond acceptors (Lipinski definition) is 2. The van der Waals surface area contributed by atoms with Gasteiger partial charge in [-0.2, -0.15) is 0 Å². The fourth-order valence-electron chi connectivity index (χ4n) is 2.15. The maximum Gasteiger partial charge on any atom is 0.146 e. The Hall–Kier alpha value is -1.48. The maximum atomic E-state index is 6.10. The molecule has 2 nitrogen and oxygen atoms in total. The Balaban J connectivity index is 2.09. The van der Waals surface area contributed by atoms with Crippen LogP contribution < -0.4 is 4.74 Å². The lowest BCUT2D eigenvalue weighted by Crippen LogP contribution is -2.13. The minimum Gasteiger partial charge on any atom is -0.456 e. The van der Waals surface area contributed by atoms with E-state index in [0.29, 0.717) is 15.8 Å². The summed E-state index contributed by atoms with van der Waals surface area (Å²) in [6, 6.07) is 13.1. The molecule has 2 aromatic rings. The number of ether oxygens (including phenoxy) is 1.